The molecule has 0 bridgehead atoms. The van der Waals surface area contributed by atoms with E-state index in [1.54, 1.807) is 0 Å². The van der Waals surface area contributed by atoms with E-state index in [2.05, 4.69) is 6.92 Å². The highest BCUT2D eigenvalue weighted by molar-refractivity contribution is 6.20. The SMILES string of the molecule is CCCCCCCCCCCCCCCCCC(=O)C1C(=O)CC(C)CC1=O. The second-order valence-electron chi connectivity index (χ2n) is 9.05. The van der Waals surface area contributed by atoms with Crippen LogP contribution in [0.25, 0.3) is 0 Å². The number of hydrogen-bond acceptors (Lipinski definition) is 3. The molecular formula is C25H44O3. The molecule has 0 heterocycles. The summed E-state index contributed by atoms with van der Waals surface area (Å²) in [5.74, 6) is -1.24. The first-order valence-corrected chi connectivity index (χ1v) is 12.1. The Morgan fingerprint density at radius 2 is 1.04 bits per heavy atom. The van der Waals surface area contributed by atoms with Crippen molar-refractivity contribution in [2.45, 2.75) is 129 Å². The van der Waals surface area contributed by atoms with Gasteiger partial charge in [-0.05, 0) is 12.3 Å². The summed E-state index contributed by atoms with van der Waals surface area (Å²) in [5.41, 5.74) is 0. The maximum atomic E-state index is 12.2. The molecule has 1 fully saturated rings. The van der Waals surface area contributed by atoms with Crippen LogP contribution in [0.2, 0.25) is 0 Å². The van der Waals surface area contributed by atoms with Crippen LogP contribution in [0, 0.1) is 11.8 Å². The third-order valence-electron chi connectivity index (χ3n) is 6.09. The summed E-state index contributed by atoms with van der Waals surface area (Å²) in [7, 11) is 0. The maximum absolute atomic E-state index is 12.2. The van der Waals surface area contributed by atoms with Gasteiger partial charge in [0.15, 0.2) is 17.3 Å². The molecule has 0 aromatic rings. The maximum Gasteiger partial charge on any atom is 0.151 e. The van der Waals surface area contributed by atoms with Crippen LogP contribution in [0.4, 0.5) is 0 Å². The van der Waals surface area contributed by atoms with Crippen LogP contribution >= 0.6 is 0 Å². The van der Waals surface area contributed by atoms with Crippen molar-refractivity contribution in [2.75, 3.05) is 0 Å². The summed E-state index contributed by atoms with van der Waals surface area (Å²) in [6.07, 6.45) is 20.6. The summed E-state index contributed by atoms with van der Waals surface area (Å²) < 4.78 is 0. The average Bonchev–Trinajstić information content (AvgIpc) is 2.64. The average molecular weight is 393 g/mol. The molecule has 0 atom stereocenters. The molecule has 28 heavy (non-hydrogen) atoms. The molecule has 0 unspecified atom stereocenters. The van der Waals surface area contributed by atoms with Crippen LogP contribution in [0.3, 0.4) is 0 Å². The molecule has 0 amide bonds. The first-order chi connectivity index (χ1) is 13.6. The van der Waals surface area contributed by atoms with Crippen LogP contribution in [-0.2, 0) is 14.4 Å². The number of rotatable bonds is 17. The van der Waals surface area contributed by atoms with Crippen molar-refractivity contribution in [2.24, 2.45) is 11.8 Å². The van der Waals surface area contributed by atoms with E-state index in [0.717, 1.165) is 19.3 Å². The Balaban J connectivity index is 1.89. The van der Waals surface area contributed by atoms with E-state index < -0.39 is 5.92 Å². The standard InChI is InChI=1S/C25H44O3/c1-3-4-5-6-7-8-9-10-11-12-13-14-15-16-17-18-22(26)25-23(27)19-21(2)20-24(25)28/h21,25H,3-20H2,1-2H3. The van der Waals surface area contributed by atoms with Crippen molar-refractivity contribution in [1.29, 1.82) is 0 Å². The fourth-order valence-corrected chi connectivity index (χ4v) is 4.35. The molecule has 1 aliphatic carbocycles. The summed E-state index contributed by atoms with van der Waals surface area (Å²) in [5, 5.41) is 0. The molecule has 0 spiro atoms. The minimum absolute atomic E-state index is 0.106. The molecule has 0 aromatic heterocycles. The summed E-state index contributed by atoms with van der Waals surface area (Å²) in [4.78, 5) is 36.2. The van der Waals surface area contributed by atoms with Gasteiger partial charge in [-0.2, -0.15) is 0 Å². The van der Waals surface area contributed by atoms with E-state index in [-0.39, 0.29) is 23.3 Å². The van der Waals surface area contributed by atoms with Crippen LogP contribution in [0.15, 0.2) is 0 Å². The van der Waals surface area contributed by atoms with Gasteiger partial charge in [0.1, 0.15) is 5.92 Å². The molecule has 162 valence electrons. The number of Topliss-reactive ketones (excluding diaryl/α,β-unsaturated/α-hetero) is 3. The van der Waals surface area contributed by atoms with Crippen LogP contribution in [0.5, 0.6) is 0 Å². The minimum atomic E-state index is -0.928. The lowest BCUT2D eigenvalue weighted by atomic mass is 9.78. The Morgan fingerprint density at radius 1 is 0.679 bits per heavy atom. The second-order valence-corrected chi connectivity index (χ2v) is 9.05. The third kappa shape index (κ3) is 11.1. The van der Waals surface area contributed by atoms with Crippen molar-refractivity contribution in [3.8, 4) is 0 Å². The Hall–Kier alpha value is -0.990. The molecular weight excluding hydrogens is 348 g/mol. The van der Waals surface area contributed by atoms with E-state index in [9.17, 15) is 14.4 Å². The Morgan fingerprint density at radius 3 is 1.43 bits per heavy atom. The lowest BCUT2D eigenvalue weighted by Crippen LogP contribution is -2.37. The van der Waals surface area contributed by atoms with Gasteiger partial charge in [-0.15, -0.1) is 0 Å². The Labute approximate surface area is 173 Å². The van der Waals surface area contributed by atoms with Gasteiger partial charge in [0, 0.05) is 19.3 Å². The fraction of sp³-hybridized carbons (Fsp3) is 0.880. The van der Waals surface area contributed by atoms with Crippen LogP contribution in [0.1, 0.15) is 129 Å². The van der Waals surface area contributed by atoms with Crippen molar-refractivity contribution < 1.29 is 14.4 Å². The third-order valence-corrected chi connectivity index (χ3v) is 6.09. The summed E-state index contributed by atoms with van der Waals surface area (Å²) in [6.45, 7) is 4.17. The highest BCUT2D eigenvalue weighted by atomic mass is 16.2. The number of hydrogen-bond donors (Lipinski definition) is 0. The molecule has 3 nitrogen and oxygen atoms in total. The van der Waals surface area contributed by atoms with Gasteiger partial charge in [0.2, 0.25) is 0 Å². The number of unbranched alkanes of at least 4 members (excludes halogenated alkanes) is 14. The summed E-state index contributed by atoms with van der Waals surface area (Å²) >= 11 is 0. The van der Waals surface area contributed by atoms with E-state index >= 15 is 0 Å². The lowest BCUT2D eigenvalue weighted by Gasteiger charge is -2.22. The van der Waals surface area contributed by atoms with E-state index in [1.165, 1.54) is 77.0 Å². The number of carbonyl (C=O) groups is 3. The van der Waals surface area contributed by atoms with Crippen LogP contribution in [-0.4, -0.2) is 17.3 Å². The molecule has 0 aliphatic heterocycles. The highest BCUT2D eigenvalue weighted by Crippen LogP contribution is 2.25. The first kappa shape index (κ1) is 25.0. The van der Waals surface area contributed by atoms with Gasteiger partial charge >= 0.3 is 0 Å². The van der Waals surface area contributed by atoms with Gasteiger partial charge in [0.05, 0.1) is 0 Å². The lowest BCUT2D eigenvalue weighted by molar-refractivity contribution is -0.143. The van der Waals surface area contributed by atoms with E-state index in [1.807, 2.05) is 6.92 Å². The normalized spacial score (nSPS) is 19.9. The van der Waals surface area contributed by atoms with Crippen LogP contribution < -0.4 is 0 Å². The minimum Gasteiger partial charge on any atom is -0.298 e. The predicted molar refractivity (Wildman–Crippen MR) is 116 cm³/mol. The predicted octanol–water partition coefficient (Wildman–Crippen LogP) is 7.00. The number of ketones is 3. The quantitative estimate of drug-likeness (QED) is 0.198. The molecule has 0 radical (unpaired) electrons. The zero-order valence-corrected chi connectivity index (χ0v) is 18.6. The molecule has 3 heteroatoms. The zero-order chi connectivity index (χ0) is 20.6. The molecule has 1 saturated carbocycles. The van der Waals surface area contributed by atoms with Gasteiger partial charge < -0.3 is 0 Å². The summed E-state index contributed by atoms with van der Waals surface area (Å²) in [6, 6.07) is 0. The van der Waals surface area contributed by atoms with Gasteiger partial charge in [-0.25, -0.2) is 0 Å². The topological polar surface area (TPSA) is 51.2 Å². The van der Waals surface area contributed by atoms with Gasteiger partial charge in [0.25, 0.3) is 0 Å². The molecule has 0 saturated heterocycles. The van der Waals surface area contributed by atoms with Crippen molar-refractivity contribution in [3.63, 3.8) is 0 Å². The second kappa shape index (κ2) is 15.9. The van der Waals surface area contributed by atoms with E-state index in [4.69, 9.17) is 0 Å². The Bertz CT molecular complexity index is 437. The highest BCUT2D eigenvalue weighted by Gasteiger charge is 2.37. The molecule has 0 aromatic carbocycles. The molecule has 0 N–H and O–H groups in total. The molecule has 1 rings (SSSR count). The van der Waals surface area contributed by atoms with Gasteiger partial charge in [-0.3, -0.25) is 14.4 Å². The molecule has 1 aliphatic rings. The largest absolute Gasteiger partial charge is 0.298 e. The first-order valence-electron chi connectivity index (χ1n) is 12.1. The fourth-order valence-electron chi connectivity index (χ4n) is 4.35. The van der Waals surface area contributed by atoms with Crippen molar-refractivity contribution in [3.05, 3.63) is 0 Å². The van der Waals surface area contributed by atoms with Gasteiger partial charge in [-0.1, -0.05) is 104 Å². The van der Waals surface area contributed by atoms with Crippen molar-refractivity contribution in [1.82, 2.24) is 0 Å². The Kier molecular flexibility index (Phi) is 14.2. The van der Waals surface area contributed by atoms with Crippen molar-refractivity contribution >= 4 is 17.3 Å². The number of carbonyl (C=O) groups excluding carboxylic acids is 3. The monoisotopic (exact) mass is 392 g/mol. The zero-order valence-electron chi connectivity index (χ0n) is 18.6. The van der Waals surface area contributed by atoms with E-state index in [0.29, 0.717) is 19.3 Å². The smallest absolute Gasteiger partial charge is 0.151 e.